The zero-order valence-electron chi connectivity index (χ0n) is 11.4. The normalized spacial score (nSPS) is 14.0. The van der Waals surface area contributed by atoms with E-state index in [-0.39, 0.29) is 5.91 Å². The maximum absolute atomic E-state index is 12.8. The maximum Gasteiger partial charge on any atom is 0.258 e. The summed E-state index contributed by atoms with van der Waals surface area (Å²) in [5.41, 5.74) is 3.81. The van der Waals surface area contributed by atoms with Crippen LogP contribution in [-0.4, -0.2) is 12.5 Å². The minimum absolute atomic E-state index is 0.0390. The standard InChI is InChI=1S/C17H16ClNO/c1-12-14(8-4-9-15(12)18)17(20)19-11-5-7-13-6-2-3-10-16(13)19/h2-4,6,8-10H,5,7,11H2,1H3. The van der Waals surface area contributed by atoms with Crippen LogP contribution in [0.15, 0.2) is 42.5 Å². The molecule has 0 fully saturated rings. The fourth-order valence-corrected chi connectivity index (χ4v) is 2.90. The summed E-state index contributed by atoms with van der Waals surface area (Å²) in [6.45, 7) is 2.66. The van der Waals surface area contributed by atoms with Crippen molar-refractivity contribution in [2.24, 2.45) is 0 Å². The summed E-state index contributed by atoms with van der Waals surface area (Å²) < 4.78 is 0. The van der Waals surface area contributed by atoms with Gasteiger partial charge in [-0.3, -0.25) is 4.79 Å². The molecule has 2 nitrogen and oxygen atoms in total. The van der Waals surface area contributed by atoms with Crippen LogP contribution in [0.5, 0.6) is 0 Å². The van der Waals surface area contributed by atoms with Crippen molar-refractivity contribution in [1.82, 2.24) is 0 Å². The second kappa shape index (κ2) is 5.29. The van der Waals surface area contributed by atoms with E-state index in [0.29, 0.717) is 10.6 Å². The van der Waals surface area contributed by atoms with Crippen LogP contribution < -0.4 is 4.90 Å². The number of para-hydroxylation sites is 1. The first kappa shape index (κ1) is 13.2. The van der Waals surface area contributed by atoms with Gasteiger partial charge in [-0.05, 0) is 49.1 Å². The maximum atomic E-state index is 12.8. The van der Waals surface area contributed by atoms with Crippen molar-refractivity contribution in [3.8, 4) is 0 Å². The number of carbonyl (C=O) groups excluding carboxylic acids is 1. The van der Waals surface area contributed by atoms with Gasteiger partial charge in [0, 0.05) is 22.8 Å². The van der Waals surface area contributed by atoms with Crippen LogP contribution in [-0.2, 0) is 6.42 Å². The first-order chi connectivity index (χ1) is 9.68. The summed E-state index contributed by atoms with van der Waals surface area (Å²) in [5.74, 6) is 0.0390. The first-order valence-electron chi connectivity index (χ1n) is 6.83. The summed E-state index contributed by atoms with van der Waals surface area (Å²) >= 11 is 6.13. The molecule has 0 bridgehead atoms. The number of nitrogens with zero attached hydrogens (tertiary/aromatic N) is 1. The SMILES string of the molecule is Cc1c(Cl)cccc1C(=O)N1CCCc2ccccc21. The van der Waals surface area contributed by atoms with E-state index < -0.39 is 0 Å². The predicted octanol–water partition coefficient (Wildman–Crippen LogP) is 4.24. The molecular weight excluding hydrogens is 270 g/mol. The Morgan fingerprint density at radius 2 is 1.95 bits per heavy atom. The highest BCUT2D eigenvalue weighted by atomic mass is 35.5. The largest absolute Gasteiger partial charge is 0.308 e. The van der Waals surface area contributed by atoms with Crippen molar-refractivity contribution >= 4 is 23.2 Å². The van der Waals surface area contributed by atoms with Crippen LogP contribution >= 0.6 is 11.6 Å². The molecular formula is C17H16ClNO. The van der Waals surface area contributed by atoms with E-state index >= 15 is 0 Å². The van der Waals surface area contributed by atoms with Gasteiger partial charge in [0.1, 0.15) is 0 Å². The highest BCUT2D eigenvalue weighted by Gasteiger charge is 2.24. The van der Waals surface area contributed by atoms with Gasteiger partial charge in [-0.25, -0.2) is 0 Å². The third-order valence-corrected chi connectivity index (χ3v) is 4.26. The number of rotatable bonds is 1. The number of amides is 1. The van der Waals surface area contributed by atoms with E-state index in [2.05, 4.69) is 6.07 Å². The molecule has 0 radical (unpaired) electrons. The molecule has 3 heteroatoms. The van der Waals surface area contributed by atoms with Gasteiger partial charge in [-0.15, -0.1) is 0 Å². The number of carbonyl (C=O) groups is 1. The Morgan fingerprint density at radius 3 is 2.80 bits per heavy atom. The van der Waals surface area contributed by atoms with Gasteiger partial charge in [-0.2, -0.15) is 0 Å². The van der Waals surface area contributed by atoms with Gasteiger partial charge < -0.3 is 4.90 Å². The summed E-state index contributed by atoms with van der Waals surface area (Å²) in [5, 5.41) is 0.640. The van der Waals surface area contributed by atoms with Gasteiger partial charge in [0.15, 0.2) is 0 Å². The third-order valence-electron chi connectivity index (χ3n) is 3.85. The molecule has 1 aliphatic rings. The number of hydrogen-bond donors (Lipinski definition) is 0. The number of aryl methyl sites for hydroxylation is 1. The number of benzene rings is 2. The molecule has 20 heavy (non-hydrogen) atoms. The fourth-order valence-electron chi connectivity index (χ4n) is 2.73. The lowest BCUT2D eigenvalue weighted by molar-refractivity contribution is 0.0984. The van der Waals surface area contributed by atoms with Crippen molar-refractivity contribution in [1.29, 1.82) is 0 Å². The number of anilines is 1. The van der Waals surface area contributed by atoms with Crippen molar-refractivity contribution in [3.63, 3.8) is 0 Å². The lowest BCUT2D eigenvalue weighted by Gasteiger charge is -2.30. The first-order valence-corrected chi connectivity index (χ1v) is 7.21. The Bertz CT molecular complexity index is 666. The van der Waals surface area contributed by atoms with Crippen LogP contribution in [0.4, 0.5) is 5.69 Å². The van der Waals surface area contributed by atoms with E-state index in [1.54, 1.807) is 0 Å². The molecule has 3 rings (SSSR count). The molecule has 2 aromatic rings. The Balaban J connectivity index is 2.02. The van der Waals surface area contributed by atoms with Gasteiger partial charge in [0.2, 0.25) is 0 Å². The van der Waals surface area contributed by atoms with E-state index in [0.717, 1.165) is 30.6 Å². The smallest absolute Gasteiger partial charge is 0.258 e. The monoisotopic (exact) mass is 285 g/mol. The second-order valence-corrected chi connectivity index (χ2v) is 5.51. The van der Waals surface area contributed by atoms with E-state index in [9.17, 15) is 4.79 Å². The summed E-state index contributed by atoms with van der Waals surface area (Å²) in [4.78, 5) is 14.7. The molecule has 0 saturated heterocycles. The fraction of sp³-hybridized carbons (Fsp3) is 0.235. The summed E-state index contributed by atoms with van der Waals surface area (Å²) in [6, 6.07) is 13.6. The predicted molar refractivity (Wildman–Crippen MR) is 82.6 cm³/mol. The molecule has 0 N–H and O–H groups in total. The zero-order chi connectivity index (χ0) is 14.1. The summed E-state index contributed by atoms with van der Waals surface area (Å²) in [6.07, 6.45) is 2.04. The molecule has 1 amide bonds. The minimum Gasteiger partial charge on any atom is -0.308 e. The number of fused-ring (bicyclic) bond motifs is 1. The van der Waals surface area contributed by atoms with Crippen LogP contribution in [0.1, 0.15) is 27.9 Å². The van der Waals surface area contributed by atoms with Gasteiger partial charge >= 0.3 is 0 Å². The Labute approximate surface area is 124 Å². The number of halogens is 1. The Kier molecular flexibility index (Phi) is 3.49. The quantitative estimate of drug-likeness (QED) is 0.767. The molecule has 1 aliphatic heterocycles. The molecule has 102 valence electrons. The van der Waals surface area contributed by atoms with Crippen LogP contribution in [0.2, 0.25) is 5.02 Å². The summed E-state index contributed by atoms with van der Waals surface area (Å²) in [7, 11) is 0. The third kappa shape index (κ3) is 2.20. The lowest BCUT2D eigenvalue weighted by Crippen LogP contribution is -2.35. The zero-order valence-corrected chi connectivity index (χ0v) is 12.2. The molecule has 0 saturated carbocycles. The molecule has 1 heterocycles. The average Bonchev–Trinajstić information content (AvgIpc) is 2.49. The van der Waals surface area contributed by atoms with Gasteiger partial charge in [0.05, 0.1) is 0 Å². The van der Waals surface area contributed by atoms with Crippen molar-refractivity contribution < 1.29 is 4.79 Å². The van der Waals surface area contributed by atoms with E-state index in [1.165, 1.54) is 5.56 Å². The Morgan fingerprint density at radius 1 is 1.15 bits per heavy atom. The highest BCUT2D eigenvalue weighted by Crippen LogP contribution is 2.29. The Hall–Kier alpha value is -1.80. The molecule has 0 unspecified atom stereocenters. The van der Waals surface area contributed by atoms with Crippen LogP contribution in [0.3, 0.4) is 0 Å². The van der Waals surface area contributed by atoms with Crippen molar-refractivity contribution in [2.75, 3.05) is 11.4 Å². The van der Waals surface area contributed by atoms with Crippen molar-refractivity contribution in [3.05, 3.63) is 64.2 Å². The molecule has 0 aliphatic carbocycles. The molecule has 2 aromatic carbocycles. The second-order valence-electron chi connectivity index (χ2n) is 5.10. The molecule has 0 spiro atoms. The van der Waals surface area contributed by atoms with Crippen molar-refractivity contribution in [2.45, 2.75) is 19.8 Å². The van der Waals surface area contributed by atoms with Gasteiger partial charge in [0.25, 0.3) is 5.91 Å². The molecule has 0 atom stereocenters. The topological polar surface area (TPSA) is 20.3 Å². The lowest BCUT2D eigenvalue weighted by atomic mass is 10.00. The van der Waals surface area contributed by atoms with Crippen LogP contribution in [0.25, 0.3) is 0 Å². The van der Waals surface area contributed by atoms with E-state index in [4.69, 9.17) is 11.6 Å². The van der Waals surface area contributed by atoms with Crippen LogP contribution in [0, 0.1) is 6.92 Å². The number of hydrogen-bond acceptors (Lipinski definition) is 1. The van der Waals surface area contributed by atoms with Gasteiger partial charge in [-0.1, -0.05) is 35.9 Å². The van der Waals surface area contributed by atoms with E-state index in [1.807, 2.05) is 48.2 Å². The highest BCUT2D eigenvalue weighted by molar-refractivity contribution is 6.32. The minimum atomic E-state index is 0.0390. The average molecular weight is 286 g/mol. The molecule has 0 aromatic heterocycles.